The molecular formula is C25H26. The summed E-state index contributed by atoms with van der Waals surface area (Å²) < 4.78 is 0. The highest BCUT2D eigenvalue weighted by Crippen LogP contribution is 2.51. The van der Waals surface area contributed by atoms with Gasteiger partial charge in [0.2, 0.25) is 0 Å². The Bertz CT molecular complexity index is 813. The highest BCUT2D eigenvalue weighted by atomic mass is 14.4. The summed E-state index contributed by atoms with van der Waals surface area (Å²) in [5.74, 6) is 7.41. The lowest BCUT2D eigenvalue weighted by Crippen LogP contribution is -2.08. The molecule has 1 aliphatic carbocycles. The topological polar surface area (TPSA) is 0 Å². The van der Waals surface area contributed by atoms with Crippen LogP contribution in [-0.4, -0.2) is 0 Å². The fourth-order valence-corrected chi connectivity index (χ4v) is 3.77. The summed E-state index contributed by atoms with van der Waals surface area (Å²) in [6.07, 6.45) is 3.32. The van der Waals surface area contributed by atoms with E-state index in [4.69, 9.17) is 0 Å². The lowest BCUT2D eigenvalue weighted by atomic mass is 9.80. The van der Waals surface area contributed by atoms with Crippen molar-refractivity contribution in [1.82, 2.24) is 0 Å². The van der Waals surface area contributed by atoms with Gasteiger partial charge in [0.25, 0.3) is 0 Å². The maximum atomic E-state index is 4.46. The van der Waals surface area contributed by atoms with E-state index in [1.165, 1.54) is 34.3 Å². The van der Waals surface area contributed by atoms with Crippen LogP contribution >= 0.6 is 0 Å². The molecule has 0 heterocycles. The van der Waals surface area contributed by atoms with Crippen LogP contribution in [0.5, 0.6) is 0 Å². The molecule has 25 heavy (non-hydrogen) atoms. The van der Waals surface area contributed by atoms with Crippen molar-refractivity contribution in [1.29, 1.82) is 0 Å². The fourth-order valence-electron chi connectivity index (χ4n) is 3.77. The van der Waals surface area contributed by atoms with E-state index in [9.17, 15) is 0 Å². The summed E-state index contributed by atoms with van der Waals surface area (Å²) in [5, 5.41) is 0. The lowest BCUT2D eigenvalue weighted by molar-refractivity contribution is 0.717. The highest BCUT2D eigenvalue weighted by molar-refractivity contribution is 5.62. The number of unbranched alkanes of at least 4 members (excludes halogenated alkanes) is 2. The van der Waals surface area contributed by atoms with Crippen LogP contribution in [0.3, 0.4) is 0 Å². The number of allylic oxidation sites excluding steroid dienone is 3. The van der Waals surface area contributed by atoms with E-state index in [0.717, 1.165) is 12.8 Å². The van der Waals surface area contributed by atoms with Crippen LogP contribution in [0, 0.1) is 11.8 Å². The standard InChI is InChI=1S/C25H26/c1-4-5-6-13-18-23-19(2)24(21-14-9-7-10-15-21)25(20(23)3)22-16-11-8-12-17-22/h7-12,14-17,24-25H,2,4-6H2,1,3H3/t24-,25-/m1/s1. The molecule has 126 valence electrons. The summed E-state index contributed by atoms with van der Waals surface area (Å²) in [5.41, 5.74) is 6.36. The van der Waals surface area contributed by atoms with Crippen molar-refractivity contribution in [2.45, 2.75) is 44.9 Å². The van der Waals surface area contributed by atoms with Crippen LogP contribution in [0.15, 0.2) is 84.0 Å². The second-order valence-electron chi connectivity index (χ2n) is 6.77. The number of hydrogen-bond donors (Lipinski definition) is 0. The summed E-state index contributed by atoms with van der Waals surface area (Å²) in [6.45, 7) is 8.90. The van der Waals surface area contributed by atoms with Crippen molar-refractivity contribution < 1.29 is 0 Å². The zero-order valence-electron chi connectivity index (χ0n) is 15.3. The molecule has 0 aromatic heterocycles. The molecule has 0 N–H and O–H groups in total. The number of rotatable bonds is 4. The largest absolute Gasteiger partial charge is 0.0979 e. The summed E-state index contributed by atoms with van der Waals surface area (Å²) in [7, 11) is 0. The first kappa shape index (κ1) is 17.3. The minimum Gasteiger partial charge on any atom is -0.0979 e. The Labute approximate surface area is 152 Å². The van der Waals surface area contributed by atoms with Crippen LogP contribution in [0.4, 0.5) is 0 Å². The van der Waals surface area contributed by atoms with Gasteiger partial charge in [0.1, 0.15) is 0 Å². The van der Waals surface area contributed by atoms with E-state index in [1.807, 2.05) is 0 Å². The molecule has 0 aliphatic heterocycles. The first-order valence-electron chi connectivity index (χ1n) is 9.22. The van der Waals surface area contributed by atoms with Gasteiger partial charge in [0.15, 0.2) is 0 Å². The molecule has 0 spiro atoms. The fraction of sp³-hybridized carbons (Fsp3) is 0.280. The lowest BCUT2D eigenvalue weighted by Gasteiger charge is -2.23. The molecule has 3 rings (SSSR count). The molecule has 1 aliphatic rings. The summed E-state index contributed by atoms with van der Waals surface area (Å²) >= 11 is 0. The zero-order valence-corrected chi connectivity index (χ0v) is 15.3. The van der Waals surface area contributed by atoms with Gasteiger partial charge in [-0.15, -0.1) is 0 Å². The second kappa shape index (κ2) is 8.04. The van der Waals surface area contributed by atoms with Gasteiger partial charge in [-0.1, -0.05) is 92.4 Å². The average molecular weight is 326 g/mol. The Morgan fingerprint density at radius 3 is 2.00 bits per heavy atom. The van der Waals surface area contributed by atoms with Crippen LogP contribution in [0.1, 0.15) is 56.1 Å². The van der Waals surface area contributed by atoms with Gasteiger partial charge >= 0.3 is 0 Å². The molecule has 0 radical (unpaired) electrons. The SMILES string of the molecule is C=C1C(C#CCCCC)=C(C)[C@H](c2ccccc2)[C@H]1c1ccccc1. The minimum absolute atomic E-state index is 0.277. The van der Waals surface area contributed by atoms with Crippen LogP contribution < -0.4 is 0 Å². The van der Waals surface area contributed by atoms with E-state index in [1.54, 1.807) is 0 Å². The van der Waals surface area contributed by atoms with Crippen LogP contribution in [-0.2, 0) is 0 Å². The van der Waals surface area contributed by atoms with Crippen molar-refractivity contribution in [3.05, 3.63) is 95.1 Å². The predicted molar refractivity (Wildman–Crippen MR) is 108 cm³/mol. The molecule has 0 amide bonds. The van der Waals surface area contributed by atoms with Gasteiger partial charge in [-0.25, -0.2) is 0 Å². The van der Waals surface area contributed by atoms with Gasteiger partial charge in [-0.3, -0.25) is 0 Å². The molecular weight excluding hydrogens is 300 g/mol. The molecule has 2 aromatic rings. The van der Waals surface area contributed by atoms with Gasteiger partial charge in [-0.2, -0.15) is 0 Å². The number of hydrogen-bond acceptors (Lipinski definition) is 0. The minimum atomic E-state index is 0.277. The second-order valence-corrected chi connectivity index (χ2v) is 6.77. The normalized spacial score (nSPS) is 19.7. The maximum absolute atomic E-state index is 4.46. The highest BCUT2D eigenvalue weighted by Gasteiger charge is 2.36. The molecule has 0 saturated carbocycles. The quantitative estimate of drug-likeness (QED) is 0.437. The molecule has 2 atom stereocenters. The van der Waals surface area contributed by atoms with Gasteiger partial charge in [0.05, 0.1) is 0 Å². The maximum Gasteiger partial charge on any atom is 0.0273 e. The Kier molecular flexibility index (Phi) is 5.56. The Morgan fingerprint density at radius 1 is 0.880 bits per heavy atom. The Hall–Kier alpha value is -2.52. The molecule has 0 heteroatoms. The average Bonchev–Trinajstić information content (AvgIpc) is 2.91. The van der Waals surface area contributed by atoms with Gasteiger partial charge in [0, 0.05) is 23.8 Å². The molecule has 0 nitrogen and oxygen atoms in total. The smallest absolute Gasteiger partial charge is 0.0273 e. The summed E-state index contributed by atoms with van der Waals surface area (Å²) in [6, 6.07) is 21.5. The third kappa shape index (κ3) is 3.62. The predicted octanol–water partition coefficient (Wildman–Crippen LogP) is 6.63. The molecule has 0 fully saturated rings. The number of benzene rings is 2. The Balaban J connectivity index is 2.03. The van der Waals surface area contributed by atoms with E-state index < -0.39 is 0 Å². The van der Waals surface area contributed by atoms with E-state index in [0.29, 0.717) is 5.92 Å². The van der Waals surface area contributed by atoms with Gasteiger partial charge < -0.3 is 0 Å². The molecule has 0 unspecified atom stereocenters. The summed E-state index contributed by atoms with van der Waals surface area (Å²) in [4.78, 5) is 0. The van der Waals surface area contributed by atoms with E-state index in [2.05, 4.69) is 92.9 Å². The molecule has 2 aromatic carbocycles. The van der Waals surface area contributed by atoms with E-state index in [-0.39, 0.29) is 5.92 Å². The Morgan fingerprint density at radius 2 is 1.44 bits per heavy atom. The van der Waals surface area contributed by atoms with Crippen molar-refractivity contribution in [2.75, 3.05) is 0 Å². The van der Waals surface area contributed by atoms with Crippen molar-refractivity contribution in [2.24, 2.45) is 0 Å². The van der Waals surface area contributed by atoms with Gasteiger partial charge in [-0.05, 0) is 35.6 Å². The van der Waals surface area contributed by atoms with Crippen molar-refractivity contribution >= 4 is 0 Å². The first-order chi connectivity index (χ1) is 12.2. The first-order valence-corrected chi connectivity index (χ1v) is 9.22. The third-order valence-corrected chi connectivity index (χ3v) is 5.08. The van der Waals surface area contributed by atoms with Crippen molar-refractivity contribution in [3.63, 3.8) is 0 Å². The zero-order chi connectivity index (χ0) is 17.6. The third-order valence-electron chi connectivity index (χ3n) is 5.08. The van der Waals surface area contributed by atoms with Crippen LogP contribution in [0.2, 0.25) is 0 Å². The van der Waals surface area contributed by atoms with E-state index >= 15 is 0 Å². The van der Waals surface area contributed by atoms with Crippen molar-refractivity contribution in [3.8, 4) is 11.8 Å². The molecule has 0 bridgehead atoms. The van der Waals surface area contributed by atoms with Crippen LogP contribution in [0.25, 0.3) is 0 Å². The monoisotopic (exact) mass is 326 g/mol. The molecule has 0 saturated heterocycles.